The van der Waals surface area contributed by atoms with E-state index >= 15 is 0 Å². The molecule has 1 aliphatic rings. The number of ether oxygens (including phenoxy) is 1. The molecule has 3 aromatic carbocycles. The molecule has 30 heavy (non-hydrogen) atoms. The van der Waals surface area contributed by atoms with Crippen LogP contribution in [-0.2, 0) is 19.4 Å². The number of fused-ring (bicyclic) bond motifs is 1. The fraction of sp³-hybridized carbons (Fsp3) is 0.296. The van der Waals surface area contributed by atoms with E-state index in [1.54, 1.807) is 0 Å². The molecular weight excluding hydrogens is 370 g/mol. The van der Waals surface area contributed by atoms with Crippen LogP contribution in [0.1, 0.15) is 64.8 Å². The van der Waals surface area contributed by atoms with Crippen molar-refractivity contribution in [3.8, 4) is 5.75 Å². The highest BCUT2D eigenvalue weighted by atomic mass is 16.5. The maximum atomic E-state index is 12.9. The lowest BCUT2D eigenvalue weighted by Crippen LogP contribution is -2.28. The first-order valence-corrected chi connectivity index (χ1v) is 10.9. The zero-order valence-corrected chi connectivity index (χ0v) is 17.6. The summed E-state index contributed by atoms with van der Waals surface area (Å²) in [6.07, 6.45) is 5.72. The van der Waals surface area contributed by atoms with Crippen molar-refractivity contribution in [3.05, 3.63) is 101 Å². The van der Waals surface area contributed by atoms with Crippen molar-refractivity contribution in [2.45, 2.75) is 51.7 Å². The zero-order valence-electron chi connectivity index (χ0n) is 17.6. The highest BCUT2D eigenvalue weighted by Gasteiger charge is 2.17. The van der Waals surface area contributed by atoms with Gasteiger partial charge in [-0.15, -0.1) is 0 Å². The van der Waals surface area contributed by atoms with Crippen LogP contribution in [0.2, 0.25) is 0 Å². The Morgan fingerprint density at radius 1 is 0.933 bits per heavy atom. The molecule has 0 bridgehead atoms. The highest BCUT2D eigenvalue weighted by molar-refractivity contribution is 5.94. The maximum absolute atomic E-state index is 12.9. The smallest absolute Gasteiger partial charge is 0.251 e. The van der Waals surface area contributed by atoms with Crippen molar-refractivity contribution in [2.75, 3.05) is 0 Å². The van der Waals surface area contributed by atoms with Gasteiger partial charge in [0.25, 0.3) is 5.91 Å². The third-order valence-electron chi connectivity index (χ3n) is 5.83. The molecule has 0 unspecified atom stereocenters. The van der Waals surface area contributed by atoms with E-state index in [4.69, 9.17) is 4.74 Å². The number of hydrogen-bond donors (Lipinski definition) is 1. The van der Waals surface area contributed by atoms with Crippen LogP contribution in [0.3, 0.4) is 0 Å². The Kier molecular flexibility index (Phi) is 6.48. The molecule has 0 fully saturated rings. The quantitative estimate of drug-likeness (QED) is 0.527. The van der Waals surface area contributed by atoms with Crippen LogP contribution in [-0.4, -0.2) is 5.91 Å². The monoisotopic (exact) mass is 399 g/mol. The summed E-state index contributed by atoms with van der Waals surface area (Å²) < 4.78 is 5.88. The minimum atomic E-state index is -0.0651. The molecule has 1 amide bonds. The van der Waals surface area contributed by atoms with E-state index in [1.807, 2.05) is 54.6 Å². The predicted octanol–water partition coefficient (Wildman–Crippen LogP) is 6.03. The molecule has 0 heterocycles. The SMILES string of the molecule is CC[C@@H](NC(=O)c1cccc(OCc2ccccc2)c1)c1ccc2c(c1)CCCC2. The largest absolute Gasteiger partial charge is 0.489 e. The molecule has 1 N–H and O–H groups in total. The number of hydrogen-bond acceptors (Lipinski definition) is 2. The van der Waals surface area contributed by atoms with Crippen LogP contribution >= 0.6 is 0 Å². The van der Waals surface area contributed by atoms with Gasteiger partial charge in [0.1, 0.15) is 12.4 Å². The molecule has 1 aliphatic carbocycles. The summed E-state index contributed by atoms with van der Waals surface area (Å²) in [6.45, 7) is 2.60. The normalized spacial score (nSPS) is 13.9. The van der Waals surface area contributed by atoms with Gasteiger partial charge in [0.05, 0.1) is 6.04 Å². The molecule has 3 heteroatoms. The molecule has 0 saturated heterocycles. The van der Waals surface area contributed by atoms with Gasteiger partial charge in [-0.2, -0.15) is 0 Å². The third kappa shape index (κ3) is 4.91. The van der Waals surface area contributed by atoms with Gasteiger partial charge in [-0.3, -0.25) is 4.79 Å². The van der Waals surface area contributed by atoms with Gasteiger partial charge in [-0.05, 0) is 72.6 Å². The number of rotatable bonds is 7. The van der Waals surface area contributed by atoms with Crippen molar-refractivity contribution >= 4 is 5.91 Å². The van der Waals surface area contributed by atoms with Crippen LogP contribution in [0.4, 0.5) is 0 Å². The van der Waals surface area contributed by atoms with E-state index in [0.717, 1.165) is 18.4 Å². The Morgan fingerprint density at radius 3 is 2.53 bits per heavy atom. The molecule has 0 aromatic heterocycles. The second-order valence-electron chi connectivity index (χ2n) is 7.97. The number of carbonyl (C=O) groups is 1. The van der Waals surface area contributed by atoms with Crippen molar-refractivity contribution in [2.24, 2.45) is 0 Å². The molecule has 0 saturated carbocycles. The summed E-state index contributed by atoms with van der Waals surface area (Å²) in [5.41, 5.74) is 5.84. The first kappa shape index (κ1) is 20.2. The van der Waals surface area contributed by atoms with Gasteiger partial charge in [-0.25, -0.2) is 0 Å². The molecule has 0 spiro atoms. The molecule has 1 atom stereocenters. The van der Waals surface area contributed by atoms with Crippen LogP contribution in [0.15, 0.2) is 72.8 Å². The Bertz CT molecular complexity index is 997. The van der Waals surface area contributed by atoms with Crippen molar-refractivity contribution in [3.63, 3.8) is 0 Å². The van der Waals surface area contributed by atoms with E-state index in [2.05, 4.69) is 30.4 Å². The second kappa shape index (κ2) is 9.62. The Balaban J connectivity index is 1.43. The molecular formula is C27H29NO2. The number of carbonyl (C=O) groups excluding carboxylic acids is 1. The minimum absolute atomic E-state index is 0.0126. The molecule has 154 valence electrons. The Morgan fingerprint density at radius 2 is 1.73 bits per heavy atom. The van der Waals surface area contributed by atoms with E-state index in [9.17, 15) is 4.79 Å². The van der Waals surface area contributed by atoms with Crippen LogP contribution in [0.25, 0.3) is 0 Å². The van der Waals surface area contributed by atoms with Crippen molar-refractivity contribution in [1.29, 1.82) is 0 Å². The van der Waals surface area contributed by atoms with Gasteiger partial charge in [0, 0.05) is 5.56 Å². The topological polar surface area (TPSA) is 38.3 Å². The lowest BCUT2D eigenvalue weighted by Gasteiger charge is -2.22. The standard InChI is InChI=1S/C27H29NO2/c1-2-26(23-16-15-21-11-6-7-12-22(21)17-23)28-27(29)24-13-8-14-25(18-24)30-19-20-9-4-3-5-10-20/h3-5,8-10,13-18,26H,2,6-7,11-12,19H2,1H3,(H,28,29)/t26-/m1/s1. The number of nitrogens with one attached hydrogen (secondary N) is 1. The van der Waals surface area contributed by atoms with E-state index in [0.29, 0.717) is 17.9 Å². The summed E-state index contributed by atoms with van der Waals surface area (Å²) in [5.74, 6) is 0.637. The summed E-state index contributed by atoms with van der Waals surface area (Å²) in [4.78, 5) is 12.9. The molecule has 3 nitrogen and oxygen atoms in total. The van der Waals surface area contributed by atoms with Crippen LogP contribution in [0.5, 0.6) is 5.75 Å². The third-order valence-corrected chi connectivity index (χ3v) is 5.83. The van der Waals surface area contributed by atoms with Crippen LogP contribution < -0.4 is 10.1 Å². The summed E-state index contributed by atoms with van der Waals surface area (Å²) in [5, 5.41) is 3.21. The van der Waals surface area contributed by atoms with Crippen LogP contribution in [0, 0.1) is 0 Å². The summed E-state index contributed by atoms with van der Waals surface area (Å²) in [6, 6.07) is 24.2. The van der Waals surface area contributed by atoms with Gasteiger partial charge in [0.2, 0.25) is 0 Å². The number of amides is 1. The second-order valence-corrected chi connectivity index (χ2v) is 7.97. The zero-order chi connectivity index (χ0) is 20.8. The number of benzene rings is 3. The van der Waals surface area contributed by atoms with E-state index in [1.165, 1.54) is 36.0 Å². The van der Waals surface area contributed by atoms with Crippen molar-refractivity contribution < 1.29 is 9.53 Å². The lowest BCUT2D eigenvalue weighted by atomic mass is 9.88. The predicted molar refractivity (Wildman–Crippen MR) is 121 cm³/mol. The first-order chi connectivity index (χ1) is 14.7. The number of aryl methyl sites for hydroxylation is 2. The molecule has 3 aromatic rings. The molecule has 4 rings (SSSR count). The van der Waals surface area contributed by atoms with E-state index < -0.39 is 0 Å². The van der Waals surface area contributed by atoms with Crippen molar-refractivity contribution in [1.82, 2.24) is 5.32 Å². The molecule has 0 radical (unpaired) electrons. The minimum Gasteiger partial charge on any atom is -0.489 e. The lowest BCUT2D eigenvalue weighted by molar-refractivity contribution is 0.0935. The highest BCUT2D eigenvalue weighted by Crippen LogP contribution is 2.26. The fourth-order valence-corrected chi connectivity index (χ4v) is 4.10. The Hall–Kier alpha value is -3.07. The van der Waals surface area contributed by atoms with Gasteiger partial charge in [0.15, 0.2) is 0 Å². The average Bonchev–Trinajstić information content (AvgIpc) is 2.81. The molecule has 0 aliphatic heterocycles. The summed E-state index contributed by atoms with van der Waals surface area (Å²) >= 11 is 0. The maximum Gasteiger partial charge on any atom is 0.251 e. The first-order valence-electron chi connectivity index (χ1n) is 10.9. The Labute approximate surface area is 179 Å². The van der Waals surface area contributed by atoms with Gasteiger partial charge >= 0.3 is 0 Å². The fourth-order valence-electron chi connectivity index (χ4n) is 4.10. The van der Waals surface area contributed by atoms with E-state index in [-0.39, 0.29) is 11.9 Å². The van der Waals surface area contributed by atoms with Gasteiger partial charge < -0.3 is 10.1 Å². The summed E-state index contributed by atoms with van der Waals surface area (Å²) in [7, 11) is 0. The average molecular weight is 400 g/mol. The van der Waals surface area contributed by atoms with Gasteiger partial charge in [-0.1, -0.05) is 61.5 Å².